The highest BCUT2D eigenvalue weighted by atomic mass is 79.9. The first-order chi connectivity index (χ1) is 9.10. The molecule has 3 fully saturated rings. The van der Waals surface area contributed by atoms with Crippen molar-refractivity contribution in [1.82, 2.24) is 4.90 Å². The van der Waals surface area contributed by atoms with Crippen LogP contribution < -0.4 is 0 Å². The second-order valence-electron chi connectivity index (χ2n) is 5.79. The second kappa shape index (κ2) is 4.91. The molecular weight excluding hydrogens is 306 g/mol. The van der Waals surface area contributed by atoms with E-state index in [-0.39, 0.29) is 5.92 Å². The van der Waals surface area contributed by atoms with Crippen LogP contribution in [0.1, 0.15) is 18.4 Å². The van der Waals surface area contributed by atoms with Gasteiger partial charge in [0, 0.05) is 11.0 Å². The van der Waals surface area contributed by atoms with Gasteiger partial charge < -0.3 is 10.0 Å². The first-order valence-corrected chi connectivity index (χ1v) is 7.60. The number of rotatable bonds is 3. The van der Waals surface area contributed by atoms with E-state index in [2.05, 4.69) is 33.0 Å². The molecule has 0 spiro atoms. The molecule has 3 saturated heterocycles. The Hall–Kier alpha value is -0.870. The Morgan fingerprint density at radius 3 is 2.53 bits per heavy atom. The molecule has 0 aromatic heterocycles. The van der Waals surface area contributed by atoms with Gasteiger partial charge >= 0.3 is 5.97 Å². The number of hydrogen-bond donors (Lipinski definition) is 1. The number of carboxylic acid groups (broad SMARTS) is 1. The molecule has 1 unspecified atom stereocenters. The third-order valence-corrected chi connectivity index (χ3v) is 5.36. The maximum Gasteiger partial charge on any atom is 0.310 e. The number of aliphatic carboxylic acids is 1. The maximum absolute atomic E-state index is 11.8. The standard InChI is InChI=1S/C15H18BrNO2/c16-13-3-1-11(2-4-13)9-12-10-17-7-5-15(12,6-8-17)14(18)19/h1-4,12H,5-10H2,(H,18,19). The zero-order valence-electron chi connectivity index (χ0n) is 10.8. The van der Waals surface area contributed by atoms with Crippen molar-refractivity contribution < 1.29 is 9.90 Å². The second-order valence-corrected chi connectivity index (χ2v) is 6.71. The van der Waals surface area contributed by atoms with E-state index in [4.69, 9.17) is 0 Å². The van der Waals surface area contributed by atoms with Gasteiger partial charge in [0.05, 0.1) is 5.41 Å². The van der Waals surface area contributed by atoms with Gasteiger partial charge in [0.15, 0.2) is 0 Å². The molecule has 0 aliphatic carbocycles. The molecule has 1 aromatic carbocycles. The topological polar surface area (TPSA) is 40.5 Å². The zero-order valence-corrected chi connectivity index (χ0v) is 12.4. The van der Waals surface area contributed by atoms with Gasteiger partial charge in [-0.25, -0.2) is 0 Å². The summed E-state index contributed by atoms with van der Waals surface area (Å²) in [6, 6.07) is 8.25. The molecule has 102 valence electrons. The monoisotopic (exact) mass is 323 g/mol. The molecule has 0 amide bonds. The molecule has 4 rings (SSSR count). The van der Waals surface area contributed by atoms with Crippen molar-refractivity contribution in [3.05, 3.63) is 34.3 Å². The summed E-state index contributed by atoms with van der Waals surface area (Å²) in [6.45, 7) is 2.83. The van der Waals surface area contributed by atoms with Crippen LogP contribution in [0.5, 0.6) is 0 Å². The predicted octanol–water partition coefficient (Wildman–Crippen LogP) is 2.79. The lowest BCUT2D eigenvalue weighted by Gasteiger charge is -2.51. The maximum atomic E-state index is 11.8. The summed E-state index contributed by atoms with van der Waals surface area (Å²) in [5, 5.41) is 9.68. The average Bonchev–Trinajstić information content (AvgIpc) is 2.43. The SMILES string of the molecule is O=C(O)C12CCN(CC1)CC2Cc1ccc(Br)cc1. The van der Waals surface area contributed by atoms with Crippen LogP contribution in [0.3, 0.4) is 0 Å². The van der Waals surface area contributed by atoms with Gasteiger partial charge in [0.2, 0.25) is 0 Å². The fraction of sp³-hybridized carbons (Fsp3) is 0.533. The van der Waals surface area contributed by atoms with E-state index < -0.39 is 11.4 Å². The normalized spacial score (nSPS) is 33.3. The van der Waals surface area contributed by atoms with Crippen LogP contribution >= 0.6 is 15.9 Å². The van der Waals surface area contributed by atoms with Gasteiger partial charge in [-0.1, -0.05) is 28.1 Å². The number of carboxylic acids is 1. The summed E-state index contributed by atoms with van der Waals surface area (Å²) in [5.41, 5.74) is 0.754. The molecule has 0 saturated carbocycles. The average molecular weight is 324 g/mol. The molecule has 1 aromatic rings. The van der Waals surface area contributed by atoms with Crippen LogP contribution in [-0.4, -0.2) is 35.6 Å². The number of benzene rings is 1. The Kier molecular flexibility index (Phi) is 3.39. The molecule has 0 radical (unpaired) electrons. The van der Waals surface area contributed by atoms with Crippen LogP contribution in [0.25, 0.3) is 0 Å². The zero-order chi connectivity index (χ0) is 13.5. The highest BCUT2D eigenvalue weighted by molar-refractivity contribution is 9.10. The molecule has 19 heavy (non-hydrogen) atoms. The van der Waals surface area contributed by atoms with Crippen molar-refractivity contribution in [3.8, 4) is 0 Å². The summed E-state index contributed by atoms with van der Waals surface area (Å²) in [6.07, 6.45) is 2.49. The Bertz CT molecular complexity index is 477. The molecule has 1 N–H and O–H groups in total. The number of carbonyl (C=O) groups is 1. The van der Waals surface area contributed by atoms with E-state index in [1.807, 2.05) is 12.1 Å². The third kappa shape index (κ3) is 2.32. The van der Waals surface area contributed by atoms with Gasteiger partial charge in [-0.2, -0.15) is 0 Å². The molecular formula is C15H18BrNO2. The Morgan fingerprint density at radius 2 is 1.95 bits per heavy atom. The molecule has 3 heterocycles. The van der Waals surface area contributed by atoms with Crippen molar-refractivity contribution in [2.75, 3.05) is 19.6 Å². The molecule has 3 nitrogen and oxygen atoms in total. The summed E-state index contributed by atoms with van der Waals surface area (Å²) in [7, 11) is 0. The molecule has 1 atom stereocenters. The van der Waals surface area contributed by atoms with Gasteiger partial charge in [0.1, 0.15) is 0 Å². The summed E-state index contributed by atoms with van der Waals surface area (Å²) >= 11 is 3.43. The van der Waals surface area contributed by atoms with E-state index in [1.165, 1.54) is 5.56 Å². The van der Waals surface area contributed by atoms with E-state index in [9.17, 15) is 9.90 Å². The van der Waals surface area contributed by atoms with Gasteiger partial charge in [0.25, 0.3) is 0 Å². The fourth-order valence-electron chi connectivity index (χ4n) is 3.58. The van der Waals surface area contributed by atoms with E-state index in [0.29, 0.717) is 0 Å². The van der Waals surface area contributed by atoms with Crippen LogP contribution in [-0.2, 0) is 11.2 Å². The first kappa shape index (κ1) is 13.1. The van der Waals surface area contributed by atoms with Crippen LogP contribution in [0.15, 0.2) is 28.7 Å². The number of nitrogens with zero attached hydrogens (tertiary/aromatic N) is 1. The smallest absolute Gasteiger partial charge is 0.310 e. The van der Waals surface area contributed by atoms with E-state index in [0.717, 1.165) is 43.4 Å². The minimum absolute atomic E-state index is 0.244. The van der Waals surface area contributed by atoms with Gasteiger partial charge in [-0.3, -0.25) is 4.79 Å². The number of fused-ring (bicyclic) bond motifs is 3. The molecule has 3 aliphatic rings. The predicted molar refractivity (Wildman–Crippen MR) is 77.1 cm³/mol. The Morgan fingerprint density at radius 1 is 1.32 bits per heavy atom. The van der Waals surface area contributed by atoms with Gasteiger partial charge in [-0.05, 0) is 56.0 Å². The van der Waals surface area contributed by atoms with Gasteiger partial charge in [-0.15, -0.1) is 0 Å². The molecule has 3 aliphatic heterocycles. The van der Waals surface area contributed by atoms with Crippen LogP contribution in [0, 0.1) is 11.3 Å². The van der Waals surface area contributed by atoms with Crippen molar-refractivity contribution in [2.24, 2.45) is 11.3 Å². The Labute approximate surface area is 121 Å². The lowest BCUT2D eigenvalue weighted by atomic mass is 9.63. The molecule has 4 heteroatoms. The van der Waals surface area contributed by atoms with Crippen LogP contribution in [0.2, 0.25) is 0 Å². The number of hydrogen-bond acceptors (Lipinski definition) is 2. The highest BCUT2D eigenvalue weighted by Gasteiger charge is 2.51. The summed E-state index contributed by atoms with van der Waals surface area (Å²) in [4.78, 5) is 14.2. The third-order valence-electron chi connectivity index (χ3n) is 4.83. The molecule has 2 bridgehead atoms. The first-order valence-electron chi connectivity index (χ1n) is 6.80. The van der Waals surface area contributed by atoms with E-state index in [1.54, 1.807) is 0 Å². The summed E-state index contributed by atoms with van der Waals surface area (Å²) < 4.78 is 1.07. The highest BCUT2D eigenvalue weighted by Crippen LogP contribution is 2.45. The minimum Gasteiger partial charge on any atom is -0.481 e. The van der Waals surface area contributed by atoms with Crippen LogP contribution in [0.4, 0.5) is 0 Å². The van der Waals surface area contributed by atoms with Crippen molar-refractivity contribution in [3.63, 3.8) is 0 Å². The van der Waals surface area contributed by atoms with Crippen molar-refractivity contribution in [1.29, 1.82) is 0 Å². The number of halogens is 1. The minimum atomic E-state index is -0.589. The fourth-order valence-corrected chi connectivity index (χ4v) is 3.85. The lowest BCUT2D eigenvalue weighted by molar-refractivity contribution is -0.163. The quantitative estimate of drug-likeness (QED) is 0.929. The largest absolute Gasteiger partial charge is 0.481 e. The lowest BCUT2D eigenvalue weighted by Crippen LogP contribution is -2.58. The van der Waals surface area contributed by atoms with Crippen molar-refractivity contribution >= 4 is 21.9 Å². The van der Waals surface area contributed by atoms with Crippen molar-refractivity contribution in [2.45, 2.75) is 19.3 Å². The van der Waals surface area contributed by atoms with E-state index >= 15 is 0 Å². The summed E-state index contributed by atoms with van der Waals surface area (Å²) in [5.74, 6) is -0.345. The number of piperidine rings is 3. The Balaban J connectivity index is 1.83.